The van der Waals surface area contributed by atoms with Gasteiger partial charge in [-0.25, -0.2) is 0 Å². The lowest BCUT2D eigenvalue weighted by molar-refractivity contribution is 0.156. The maximum absolute atomic E-state index is 2.44. The zero-order valence-electron chi connectivity index (χ0n) is 11.0. The zero-order chi connectivity index (χ0) is 11.2. The summed E-state index contributed by atoms with van der Waals surface area (Å²) < 4.78 is 0. The highest BCUT2D eigenvalue weighted by Gasteiger charge is 2.29. The van der Waals surface area contributed by atoms with Crippen LogP contribution in [0, 0.1) is 17.8 Å². The molecule has 0 saturated heterocycles. The molecular formula is C16H28. The van der Waals surface area contributed by atoms with Crippen molar-refractivity contribution in [2.24, 2.45) is 17.8 Å². The molecule has 0 radical (unpaired) electrons. The largest absolute Gasteiger partial charge is 0.0885 e. The van der Waals surface area contributed by atoms with Gasteiger partial charge in [-0.05, 0) is 37.0 Å². The van der Waals surface area contributed by atoms with Crippen molar-refractivity contribution in [3.05, 3.63) is 12.2 Å². The van der Waals surface area contributed by atoms with Gasteiger partial charge in [-0.2, -0.15) is 0 Å². The first-order valence-corrected chi connectivity index (χ1v) is 7.56. The van der Waals surface area contributed by atoms with E-state index >= 15 is 0 Å². The second kappa shape index (κ2) is 6.47. The molecule has 0 heterocycles. The summed E-state index contributed by atoms with van der Waals surface area (Å²) in [6, 6.07) is 0. The van der Waals surface area contributed by atoms with Gasteiger partial charge in [0.15, 0.2) is 0 Å². The van der Waals surface area contributed by atoms with Crippen molar-refractivity contribution >= 4 is 0 Å². The van der Waals surface area contributed by atoms with E-state index in [9.17, 15) is 0 Å². The molecule has 2 aliphatic rings. The molecular weight excluding hydrogens is 192 g/mol. The van der Waals surface area contributed by atoms with E-state index in [-0.39, 0.29) is 0 Å². The minimum atomic E-state index is 1.02. The van der Waals surface area contributed by atoms with Crippen LogP contribution in [0.25, 0.3) is 0 Å². The van der Waals surface area contributed by atoms with E-state index in [1.807, 2.05) is 0 Å². The highest BCUT2D eigenvalue weighted by Crippen LogP contribution is 2.40. The van der Waals surface area contributed by atoms with E-state index in [1.54, 1.807) is 0 Å². The number of hydrogen-bond acceptors (Lipinski definition) is 0. The molecule has 0 spiro atoms. The fourth-order valence-electron chi connectivity index (χ4n) is 3.96. The molecule has 0 aromatic rings. The fraction of sp³-hybridized carbons (Fsp3) is 0.875. The lowest BCUT2D eigenvalue weighted by atomic mass is 9.69. The second-order valence-corrected chi connectivity index (χ2v) is 5.90. The van der Waals surface area contributed by atoms with Crippen LogP contribution in [0.4, 0.5) is 0 Å². The molecule has 0 aromatic carbocycles. The number of allylic oxidation sites excluding steroid dienone is 2. The molecule has 0 nitrogen and oxygen atoms in total. The topological polar surface area (TPSA) is 0 Å². The van der Waals surface area contributed by atoms with Crippen LogP contribution in [-0.4, -0.2) is 0 Å². The molecule has 1 saturated carbocycles. The van der Waals surface area contributed by atoms with E-state index in [4.69, 9.17) is 0 Å². The maximum atomic E-state index is 2.44. The Morgan fingerprint density at radius 1 is 1.00 bits per heavy atom. The summed E-state index contributed by atoms with van der Waals surface area (Å²) in [5.41, 5.74) is 0. The molecule has 0 bridgehead atoms. The molecule has 0 heteroatoms. The Hall–Kier alpha value is -0.260. The van der Waals surface area contributed by atoms with E-state index in [0.717, 1.165) is 17.8 Å². The minimum absolute atomic E-state index is 1.02. The van der Waals surface area contributed by atoms with Gasteiger partial charge in [0.25, 0.3) is 0 Å². The Kier molecular flexibility index (Phi) is 4.93. The molecule has 0 N–H and O–H groups in total. The first-order chi connectivity index (χ1) is 7.92. The molecule has 16 heavy (non-hydrogen) atoms. The summed E-state index contributed by atoms with van der Waals surface area (Å²) in [5, 5.41) is 0. The molecule has 0 aromatic heterocycles. The lowest BCUT2D eigenvalue weighted by Gasteiger charge is -2.36. The van der Waals surface area contributed by atoms with Crippen LogP contribution in [0.1, 0.15) is 71.1 Å². The summed E-state index contributed by atoms with van der Waals surface area (Å²) in [6.45, 7) is 2.37. The first-order valence-electron chi connectivity index (χ1n) is 7.56. The normalized spacial score (nSPS) is 29.2. The Balaban J connectivity index is 1.94. The first kappa shape index (κ1) is 12.2. The third-order valence-electron chi connectivity index (χ3n) is 4.79. The van der Waals surface area contributed by atoms with Crippen molar-refractivity contribution in [1.82, 2.24) is 0 Å². The highest BCUT2D eigenvalue weighted by molar-refractivity contribution is 4.93. The Morgan fingerprint density at radius 2 is 1.81 bits per heavy atom. The highest BCUT2D eigenvalue weighted by atomic mass is 14.3. The number of hydrogen-bond donors (Lipinski definition) is 0. The van der Waals surface area contributed by atoms with Gasteiger partial charge in [-0.1, -0.05) is 64.0 Å². The van der Waals surface area contributed by atoms with Gasteiger partial charge in [0.2, 0.25) is 0 Å². The van der Waals surface area contributed by atoms with Gasteiger partial charge in [-0.15, -0.1) is 0 Å². The van der Waals surface area contributed by atoms with Gasteiger partial charge in [-0.3, -0.25) is 0 Å². The van der Waals surface area contributed by atoms with Crippen molar-refractivity contribution < 1.29 is 0 Å². The van der Waals surface area contributed by atoms with Crippen molar-refractivity contribution in [2.45, 2.75) is 71.1 Å². The predicted molar refractivity (Wildman–Crippen MR) is 71.5 cm³/mol. The van der Waals surface area contributed by atoms with Gasteiger partial charge in [0.05, 0.1) is 0 Å². The van der Waals surface area contributed by atoms with E-state index in [0.29, 0.717) is 0 Å². The maximum Gasteiger partial charge on any atom is -0.0319 e. The van der Waals surface area contributed by atoms with Gasteiger partial charge < -0.3 is 0 Å². The average Bonchev–Trinajstić information content (AvgIpc) is 2.38. The van der Waals surface area contributed by atoms with Crippen LogP contribution >= 0.6 is 0 Å². The molecule has 1 fully saturated rings. The van der Waals surface area contributed by atoms with Crippen molar-refractivity contribution in [1.29, 1.82) is 0 Å². The third kappa shape index (κ3) is 3.12. The molecule has 92 valence electrons. The van der Waals surface area contributed by atoms with Gasteiger partial charge in [0.1, 0.15) is 0 Å². The van der Waals surface area contributed by atoms with Crippen LogP contribution in [-0.2, 0) is 0 Å². The average molecular weight is 220 g/mol. The van der Waals surface area contributed by atoms with Crippen LogP contribution < -0.4 is 0 Å². The predicted octanol–water partition coefficient (Wildman–Crippen LogP) is 5.34. The minimum Gasteiger partial charge on any atom is -0.0885 e. The Bertz CT molecular complexity index is 210. The van der Waals surface area contributed by atoms with Gasteiger partial charge >= 0.3 is 0 Å². The molecule has 1 unspecified atom stereocenters. The molecule has 2 atom stereocenters. The van der Waals surface area contributed by atoms with Crippen molar-refractivity contribution in [3.8, 4) is 0 Å². The van der Waals surface area contributed by atoms with E-state index in [1.165, 1.54) is 64.2 Å². The summed E-state index contributed by atoms with van der Waals surface area (Å²) in [6.07, 6.45) is 19.5. The lowest BCUT2D eigenvalue weighted by Crippen LogP contribution is -2.26. The standard InChI is InChI=1S/C16H28/c1-2-9-16(14-10-5-3-6-11-14)15-12-7-4-8-13-15/h3,5,14-16H,2,4,6-13H2,1H3/t14?,16-/m1/s1. The third-order valence-corrected chi connectivity index (χ3v) is 4.79. The number of rotatable bonds is 4. The zero-order valence-corrected chi connectivity index (χ0v) is 11.0. The monoisotopic (exact) mass is 220 g/mol. The molecule has 2 rings (SSSR count). The second-order valence-electron chi connectivity index (χ2n) is 5.90. The summed E-state index contributed by atoms with van der Waals surface area (Å²) in [5.74, 6) is 3.15. The molecule has 2 aliphatic carbocycles. The van der Waals surface area contributed by atoms with E-state index < -0.39 is 0 Å². The summed E-state index contributed by atoms with van der Waals surface area (Å²) >= 11 is 0. The summed E-state index contributed by atoms with van der Waals surface area (Å²) in [7, 11) is 0. The molecule has 0 aliphatic heterocycles. The van der Waals surface area contributed by atoms with E-state index in [2.05, 4.69) is 19.1 Å². The Labute approximate surface area is 102 Å². The van der Waals surface area contributed by atoms with Crippen LogP contribution in [0.3, 0.4) is 0 Å². The van der Waals surface area contributed by atoms with Crippen molar-refractivity contribution in [2.75, 3.05) is 0 Å². The fourth-order valence-corrected chi connectivity index (χ4v) is 3.96. The molecule has 0 amide bonds. The van der Waals surface area contributed by atoms with Crippen LogP contribution in [0.15, 0.2) is 12.2 Å². The SMILES string of the molecule is CCC[C@H](C1CC=CCC1)C1CCCCC1. The van der Waals surface area contributed by atoms with Crippen molar-refractivity contribution in [3.63, 3.8) is 0 Å². The summed E-state index contributed by atoms with van der Waals surface area (Å²) in [4.78, 5) is 0. The Morgan fingerprint density at radius 3 is 2.44 bits per heavy atom. The van der Waals surface area contributed by atoms with Crippen LogP contribution in [0.5, 0.6) is 0 Å². The quantitative estimate of drug-likeness (QED) is 0.561. The van der Waals surface area contributed by atoms with Gasteiger partial charge in [0, 0.05) is 0 Å². The smallest absolute Gasteiger partial charge is 0.0319 e. The van der Waals surface area contributed by atoms with Crippen LogP contribution in [0.2, 0.25) is 0 Å².